The summed E-state index contributed by atoms with van der Waals surface area (Å²) in [7, 11) is 0. The molecule has 0 aliphatic carbocycles. The van der Waals surface area contributed by atoms with E-state index in [-0.39, 0.29) is 24.5 Å². The standard InChI is InChI=1S/C12H11F4NO3/c13-11(14)12(15,16)9(18)6-1-2-8-7(5-6)10(19)17-3-4-20-8/h1-2,5,9,11,18H,3-4H2,(H,17,19). The average molecular weight is 293 g/mol. The summed E-state index contributed by atoms with van der Waals surface area (Å²) >= 11 is 0. The smallest absolute Gasteiger partial charge is 0.336 e. The van der Waals surface area contributed by atoms with E-state index in [2.05, 4.69) is 5.32 Å². The maximum Gasteiger partial charge on any atom is 0.336 e. The number of aliphatic hydroxyl groups excluding tert-OH is 1. The van der Waals surface area contributed by atoms with Gasteiger partial charge in [0.05, 0.1) is 12.1 Å². The Morgan fingerprint density at radius 2 is 2.05 bits per heavy atom. The molecule has 0 spiro atoms. The molecule has 0 bridgehead atoms. The average Bonchev–Trinajstić information content (AvgIpc) is 2.59. The van der Waals surface area contributed by atoms with Crippen LogP contribution in [0.3, 0.4) is 0 Å². The molecule has 1 atom stereocenters. The Hall–Kier alpha value is -1.83. The van der Waals surface area contributed by atoms with Gasteiger partial charge in [0.25, 0.3) is 5.91 Å². The van der Waals surface area contributed by atoms with Crippen LogP contribution in [0, 0.1) is 0 Å². The van der Waals surface area contributed by atoms with Crippen molar-refractivity contribution in [3.63, 3.8) is 0 Å². The first-order valence-corrected chi connectivity index (χ1v) is 5.73. The van der Waals surface area contributed by atoms with Crippen molar-refractivity contribution in [2.24, 2.45) is 0 Å². The molecule has 1 unspecified atom stereocenters. The van der Waals surface area contributed by atoms with Crippen molar-refractivity contribution in [2.45, 2.75) is 18.5 Å². The molecule has 110 valence electrons. The topological polar surface area (TPSA) is 58.6 Å². The number of aliphatic hydroxyl groups is 1. The van der Waals surface area contributed by atoms with Gasteiger partial charge in [-0.15, -0.1) is 0 Å². The van der Waals surface area contributed by atoms with Crippen molar-refractivity contribution in [3.8, 4) is 5.75 Å². The van der Waals surface area contributed by atoms with Crippen LogP contribution in [0.25, 0.3) is 0 Å². The molecular weight excluding hydrogens is 282 g/mol. The number of carbonyl (C=O) groups is 1. The van der Waals surface area contributed by atoms with Crippen LogP contribution in [0.4, 0.5) is 17.6 Å². The Balaban J connectivity index is 2.38. The lowest BCUT2D eigenvalue weighted by Gasteiger charge is -2.22. The van der Waals surface area contributed by atoms with E-state index in [1.807, 2.05) is 0 Å². The molecular formula is C12H11F4NO3. The summed E-state index contributed by atoms with van der Waals surface area (Å²) in [5.74, 6) is -5.03. The molecule has 1 aromatic rings. The molecule has 0 radical (unpaired) electrons. The number of alkyl halides is 4. The monoisotopic (exact) mass is 293 g/mol. The fourth-order valence-electron chi connectivity index (χ4n) is 1.78. The van der Waals surface area contributed by atoms with E-state index in [0.717, 1.165) is 12.1 Å². The van der Waals surface area contributed by atoms with Crippen LogP contribution in [0.1, 0.15) is 22.0 Å². The molecule has 8 heteroatoms. The SMILES string of the molecule is O=C1NCCOc2ccc(C(O)C(F)(F)C(F)F)cc21. The minimum atomic E-state index is -4.60. The first kappa shape index (κ1) is 14.6. The number of hydrogen-bond donors (Lipinski definition) is 2. The molecule has 1 aliphatic heterocycles. The van der Waals surface area contributed by atoms with E-state index in [0.29, 0.717) is 0 Å². The van der Waals surface area contributed by atoms with Gasteiger partial charge in [0, 0.05) is 0 Å². The normalized spacial score (nSPS) is 17.0. The second-order valence-corrected chi connectivity index (χ2v) is 4.24. The van der Waals surface area contributed by atoms with Crippen molar-refractivity contribution in [2.75, 3.05) is 13.2 Å². The molecule has 1 aliphatic rings. The van der Waals surface area contributed by atoms with Crippen LogP contribution in [-0.2, 0) is 0 Å². The number of rotatable bonds is 3. The van der Waals surface area contributed by atoms with E-state index in [1.54, 1.807) is 0 Å². The quantitative estimate of drug-likeness (QED) is 0.835. The summed E-state index contributed by atoms with van der Waals surface area (Å²) in [4.78, 5) is 11.7. The summed E-state index contributed by atoms with van der Waals surface area (Å²) < 4.78 is 55.8. The van der Waals surface area contributed by atoms with Gasteiger partial charge < -0.3 is 15.2 Å². The molecule has 1 aromatic carbocycles. The van der Waals surface area contributed by atoms with Gasteiger partial charge >= 0.3 is 12.3 Å². The second-order valence-electron chi connectivity index (χ2n) is 4.24. The molecule has 1 amide bonds. The van der Waals surface area contributed by atoms with Gasteiger partial charge in [0.2, 0.25) is 0 Å². The van der Waals surface area contributed by atoms with Crippen molar-refractivity contribution in [1.82, 2.24) is 5.32 Å². The molecule has 0 aromatic heterocycles. The van der Waals surface area contributed by atoms with Gasteiger partial charge in [-0.1, -0.05) is 6.07 Å². The Bertz CT molecular complexity index is 521. The van der Waals surface area contributed by atoms with E-state index in [1.165, 1.54) is 6.07 Å². The van der Waals surface area contributed by atoms with Gasteiger partial charge in [-0.3, -0.25) is 4.79 Å². The number of ether oxygens (including phenoxy) is 1. The van der Waals surface area contributed by atoms with Crippen molar-refractivity contribution in [3.05, 3.63) is 29.3 Å². The zero-order chi connectivity index (χ0) is 14.9. The first-order valence-electron chi connectivity index (χ1n) is 5.73. The van der Waals surface area contributed by atoms with Crippen molar-refractivity contribution < 1.29 is 32.2 Å². The second kappa shape index (κ2) is 5.28. The lowest BCUT2D eigenvalue weighted by molar-refractivity contribution is -0.193. The predicted octanol–water partition coefficient (Wildman–Crippen LogP) is 1.74. The summed E-state index contributed by atoms with van der Waals surface area (Å²) in [5, 5.41) is 11.8. The Morgan fingerprint density at radius 3 is 2.70 bits per heavy atom. The van der Waals surface area contributed by atoms with Crippen LogP contribution < -0.4 is 10.1 Å². The molecule has 2 N–H and O–H groups in total. The number of amides is 1. The van der Waals surface area contributed by atoms with Crippen molar-refractivity contribution in [1.29, 1.82) is 0 Å². The number of benzene rings is 1. The molecule has 0 fully saturated rings. The third-order valence-corrected chi connectivity index (χ3v) is 2.86. The molecule has 4 nitrogen and oxygen atoms in total. The first-order chi connectivity index (χ1) is 9.34. The summed E-state index contributed by atoms with van der Waals surface area (Å²) in [6.45, 7) is 0.437. The highest BCUT2D eigenvalue weighted by Crippen LogP contribution is 2.37. The van der Waals surface area contributed by atoms with E-state index in [4.69, 9.17) is 4.74 Å². The number of hydrogen-bond acceptors (Lipinski definition) is 3. The minimum absolute atomic E-state index is 0.0795. The summed E-state index contributed by atoms with van der Waals surface area (Å²) in [6.07, 6.45) is -6.72. The summed E-state index contributed by atoms with van der Waals surface area (Å²) in [5.41, 5.74) is -0.557. The highest BCUT2D eigenvalue weighted by atomic mass is 19.3. The van der Waals surface area contributed by atoms with E-state index in [9.17, 15) is 27.5 Å². The van der Waals surface area contributed by atoms with Crippen LogP contribution in [0.15, 0.2) is 18.2 Å². The van der Waals surface area contributed by atoms with Crippen LogP contribution in [0.2, 0.25) is 0 Å². The number of nitrogens with one attached hydrogen (secondary N) is 1. The Labute approximate surface area is 111 Å². The maximum absolute atomic E-state index is 13.1. The fraction of sp³-hybridized carbons (Fsp3) is 0.417. The van der Waals surface area contributed by atoms with Gasteiger partial charge in [0.15, 0.2) is 0 Å². The third kappa shape index (κ3) is 2.55. The number of halogens is 4. The summed E-state index contributed by atoms with van der Waals surface area (Å²) in [6, 6.07) is 3.15. The number of carbonyl (C=O) groups excluding carboxylic acids is 1. The zero-order valence-corrected chi connectivity index (χ0v) is 10.1. The van der Waals surface area contributed by atoms with E-state index >= 15 is 0 Å². The maximum atomic E-state index is 13.1. The highest BCUT2D eigenvalue weighted by Gasteiger charge is 2.49. The van der Waals surface area contributed by atoms with Crippen LogP contribution in [-0.4, -0.2) is 36.5 Å². The van der Waals surface area contributed by atoms with Gasteiger partial charge in [-0.2, -0.15) is 8.78 Å². The fourth-order valence-corrected chi connectivity index (χ4v) is 1.78. The lowest BCUT2D eigenvalue weighted by Crippen LogP contribution is -2.34. The van der Waals surface area contributed by atoms with Gasteiger partial charge in [0.1, 0.15) is 18.5 Å². The molecule has 1 heterocycles. The Kier molecular flexibility index (Phi) is 3.85. The largest absolute Gasteiger partial charge is 0.491 e. The minimum Gasteiger partial charge on any atom is -0.491 e. The van der Waals surface area contributed by atoms with Crippen LogP contribution >= 0.6 is 0 Å². The van der Waals surface area contributed by atoms with Crippen LogP contribution in [0.5, 0.6) is 5.75 Å². The third-order valence-electron chi connectivity index (χ3n) is 2.86. The molecule has 2 rings (SSSR count). The number of fused-ring (bicyclic) bond motifs is 1. The van der Waals surface area contributed by atoms with Gasteiger partial charge in [-0.05, 0) is 17.7 Å². The zero-order valence-electron chi connectivity index (χ0n) is 10.1. The highest BCUT2D eigenvalue weighted by molar-refractivity contribution is 5.97. The molecule has 20 heavy (non-hydrogen) atoms. The van der Waals surface area contributed by atoms with Gasteiger partial charge in [-0.25, -0.2) is 8.78 Å². The van der Waals surface area contributed by atoms with Crippen molar-refractivity contribution >= 4 is 5.91 Å². The predicted molar refractivity (Wildman–Crippen MR) is 60.2 cm³/mol. The Morgan fingerprint density at radius 1 is 1.35 bits per heavy atom. The molecule has 0 saturated heterocycles. The molecule has 0 saturated carbocycles. The van der Waals surface area contributed by atoms with E-state index < -0.39 is 29.9 Å². The lowest BCUT2D eigenvalue weighted by atomic mass is 10.0.